The molecule has 0 bridgehead atoms. The Kier molecular flexibility index (Phi) is 2.76. The highest BCUT2D eigenvalue weighted by atomic mass is 16.2. The molecule has 0 radical (unpaired) electrons. The quantitative estimate of drug-likeness (QED) is 0.627. The van der Waals surface area contributed by atoms with Crippen LogP contribution >= 0.6 is 0 Å². The van der Waals surface area contributed by atoms with Gasteiger partial charge in [0.2, 0.25) is 0 Å². The Morgan fingerprint density at radius 3 is 2.37 bits per heavy atom. The lowest BCUT2D eigenvalue weighted by atomic mass is 10.1. The maximum absolute atomic E-state index is 12.5. The van der Waals surface area contributed by atoms with Crippen LogP contribution in [0.3, 0.4) is 0 Å². The molecule has 1 aromatic heterocycles. The van der Waals surface area contributed by atoms with Gasteiger partial charge in [-0.1, -0.05) is 55.1 Å². The van der Waals surface area contributed by atoms with Crippen molar-refractivity contribution in [1.29, 1.82) is 0 Å². The number of benzene rings is 2. The van der Waals surface area contributed by atoms with Gasteiger partial charge in [-0.15, -0.1) is 0 Å². The Labute approximate surface area is 111 Å². The molecule has 0 aliphatic heterocycles. The lowest BCUT2D eigenvalue weighted by Gasteiger charge is -2.07. The molecule has 0 aliphatic carbocycles. The number of hydrogen-bond acceptors (Lipinski definition) is 1. The van der Waals surface area contributed by atoms with E-state index < -0.39 is 0 Å². The molecule has 0 saturated carbocycles. The molecule has 1 heterocycles. The van der Waals surface area contributed by atoms with Crippen molar-refractivity contribution in [2.45, 2.75) is 0 Å². The van der Waals surface area contributed by atoms with Crippen molar-refractivity contribution in [3.8, 4) is 0 Å². The van der Waals surface area contributed by atoms with Gasteiger partial charge in [-0.3, -0.25) is 9.36 Å². The first-order valence-electron chi connectivity index (χ1n) is 6.12. The van der Waals surface area contributed by atoms with E-state index in [0.717, 1.165) is 16.5 Å². The molecule has 92 valence electrons. The molecule has 0 fully saturated rings. The lowest BCUT2D eigenvalue weighted by Crippen LogP contribution is -2.10. The monoisotopic (exact) mass is 247 g/mol. The number of carbonyl (C=O) groups excluding carboxylic acids is 1. The number of nitrogens with zero attached hydrogens (tertiary/aromatic N) is 1. The Hall–Kier alpha value is -2.61. The molecule has 0 aliphatic rings. The third-order valence-corrected chi connectivity index (χ3v) is 3.20. The number of carbonyl (C=O) groups is 1. The molecule has 0 saturated heterocycles. The van der Waals surface area contributed by atoms with E-state index in [2.05, 4.69) is 6.58 Å². The minimum Gasteiger partial charge on any atom is -0.283 e. The molecular formula is C17H13NO. The van der Waals surface area contributed by atoms with Crippen molar-refractivity contribution < 1.29 is 4.79 Å². The first-order valence-corrected chi connectivity index (χ1v) is 6.12. The highest BCUT2D eigenvalue weighted by Crippen LogP contribution is 2.20. The summed E-state index contributed by atoms with van der Waals surface area (Å²) in [7, 11) is 0. The van der Waals surface area contributed by atoms with E-state index in [1.165, 1.54) is 0 Å². The lowest BCUT2D eigenvalue weighted by molar-refractivity contribution is 0.0985. The highest BCUT2D eigenvalue weighted by Gasteiger charge is 2.13. The SMILES string of the molecule is C=C(C(=O)n1ccc2ccccc21)c1ccccc1. The number of rotatable bonds is 2. The van der Waals surface area contributed by atoms with Gasteiger partial charge in [0.15, 0.2) is 0 Å². The number of fused-ring (bicyclic) bond motifs is 1. The molecule has 0 atom stereocenters. The molecule has 0 spiro atoms. The third-order valence-electron chi connectivity index (χ3n) is 3.20. The van der Waals surface area contributed by atoms with Gasteiger partial charge in [0.1, 0.15) is 0 Å². The zero-order valence-corrected chi connectivity index (χ0v) is 10.4. The Bertz CT molecular complexity index is 753. The summed E-state index contributed by atoms with van der Waals surface area (Å²) in [5.74, 6) is -0.0904. The molecule has 2 nitrogen and oxygen atoms in total. The maximum Gasteiger partial charge on any atom is 0.262 e. The van der Waals surface area contributed by atoms with Gasteiger partial charge in [-0.2, -0.15) is 0 Å². The van der Waals surface area contributed by atoms with E-state index in [4.69, 9.17) is 0 Å². The van der Waals surface area contributed by atoms with Crippen LogP contribution in [0.2, 0.25) is 0 Å². The van der Waals surface area contributed by atoms with Crippen molar-refractivity contribution in [2.24, 2.45) is 0 Å². The second-order valence-corrected chi connectivity index (χ2v) is 4.39. The Balaban J connectivity index is 2.03. The number of para-hydroxylation sites is 1. The molecule has 3 rings (SSSR count). The van der Waals surface area contributed by atoms with E-state index in [1.54, 1.807) is 10.8 Å². The van der Waals surface area contributed by atoms with Gasteiger partial charge < -0.3 is 0 Å². The summed E-state index contributed by atoms with van der Waals surface area (Å²) in [6, 6.07) is 19.3. The molecule has 3 aromatic rings. The van der Waals surface area contributed by atoms with Crippen molar-refractivity contribution in [3.05, 3.63) is 79.0 Å². The van der Waals surface area contributed by atoms with Crippen LogP contribution in [-0.4, -0.2) is 10.5 Å². The molecule has 19 heavy (non-hydrogen) atoms. The van der Waals surface area contributed by atoms with Crippen LogP contribution in [0.25, 0.3) is 16.5 Å². The average molecular weight is 247 g/mol. The molecule has 2 aromatic carbocycles. The minimum atomic E-state index is -0.0904. The summed E-state index contributed by atoms with van der Waals surface area (Å²) in [6.45, 7) is 3.92. The van der Waals surface area contributed by atoms with E-state index >= 15 is 0 Å². The minimum absolute atomic E-state index is 0.0904. The molecule has 2 heteroatoms. The normalized spacial score (nSPS) is 10.5. The molecule has 0 unspecified atom stereocenters. The molecule has 0 N–H and O–H groups in total. The fraction of sp³-hybridized carbons (Fsp3) is 0. The van der Waals surface area contributed by atoms with Crippen LogP contribution < -0.4 is 0 Å². The zero-order chi connectivity index (χ0) is 13.2. The highest BCUT2D eigenvalue weighted by molar-refractivity contribution is 6.21. The Morgan fingerprint density at radius 1 is 0.895 bits per heavy atom. The summed E-state index contributed by atoms with van der Waals surface area (Å²) in [6.07, 6.45) is 1.79. The van der Waals surface area contributed by atoms with Gasteiger partial charge in [0.25, 0.3) is 5.91 Å². The van der Waals surface area contributed by atoms with Gasteiger partial charge in [0.05, 0.1) is 5.52 Å². The van der Waals surface area contributed by atoms with Crippen LogP contribution in [0.4, 0.5) is 0 Å². The van der Waals surface area contributed by atoms with Crippen molar-refractivity contribution in [3.63, 3.8) is 0 Å². The van der Waals surface area contributed by atoms with Gasteiger partial charge in [-0.25, -0.2) is 0 Å². The summed E-state index contributed by atoms with van der Waals surface area (Å²) < 4.78 is 1.64. The number of hydrogen-bond donors (Lipinski definition) is 0. The van der Waals surface area contributed by atoms with E-state index in [9.17, 15) is 4.79 Å². The number of allylic oxidation sites excluding steroid dienone is 1. The molecular weight excluding hydrogens is 234 g/mol. The van der Waals surface area contributed by atoms with Crippen molar-refractivity contribution in [1.82, 2.24) is 4.57 Å². The first-order chi connectivity index (χ1) is 9.27. The van der Waals surface area contributed by atoms with E-state index in [1.807, 2.05) is 60.7 Å². The van der Waals surface area contributed by atoms with Gasteiger partial charge in [0, 0.05) is 17.2 Å². The van der Waals surface area contributed by atoms with Gasteiger partial charge >= 0.3 is 0 Å². The second kappa shape index (κ2) is 4.58. The smallest absolute Gasteiger partial charge is 0.262 e. The third kappa shape index (κ3) is 1.97. The first kappa shape index (κ1) is 11.5. The predicted octanol–water partition coefficient (Wildman–Crippen LogP) is 3.99. The fourth-order valence-electron chi connectivity index (χ4n) is 2.17. The summed E-state index contributed by atoms with van der Waals surface area (Å²) >= 11 is 0. The maximum atomic E-state index is 12.5. The number of aromatic nitrogens is 1. The fourth-order valence-corrected chi connectivity index (χ4v) is 2.17. The summed E-state index contributed by atoms with van der Waals surface area (Å²) in [4.78, 5) is 12.5. The van der Waals surface area contributed by atoms with E-state index in [-0.39, 0.29) is 5.91 Å². The standard InChI is InChI=1S/C17H13NO/c1-13(14-7-3-2-4-8-14)17(19)18-12-11-15-9-5-6-10-16(15)18/h2-12H,1H2. The van der Waals surface area contributed by atoms with Crippen LogP contribution in [0, 0.1) is 0 Å². The zero-order valence-electron chi connectivity index (χ0n) is 10.4. The second-order valence-electron chi connectivity index (χ2n) is 4.39. The largest absolute Gasteiger partial charge is 0.283 e. The summed E-state index contributed by atoms with van der Waals surface area (Å²) in [5, 5.41) is 1.05. The van der Waals surface area contributed by atoms with Gasteiger partial charge in [-0.05, 0) is 17.7 Å². The predicted molar refractivity (Wildman–Crippen MR) is 78.0 cm³/mol. The van der Waals surface area contributed by atoms with Crippen LogP contribution in [0.1, 0.15) is 10.4 Å². The average Bonchev–Trinajstić information content (AvgIpc) is 2.90. The van der Waals surface area contributed by atoms with Crippen molar-refractivity contribution >= 4 is 22.4 Å². The van der Waals surface area contributed by atoms with Crippen LogP contribution in [-0.2, 0) is 0 Å². The van der Waals surface area contributed by atoms with Crippen LogP contribution in [0.5, 0.6) is 0 Å². The topological polar surface area (TPSA) is 22.0 Å². The Morgan fingerprint density at radius 2 is 1.58 bits per heavy atom. The van der Waals surface area contributed by atoms with Crippen LogP contribution in [0.15, 0.2) is 73.4 Å². The van der Waals surface area contributed by atoms with E-state index in [0.29, 0.717) is 5.57 Å². The summed E-state index contributed by atoms with van der Waals surface area (Å²) in [5.41, 5.74) is 2.26. The van der Waals surface area contributed by atoms with Crippen molar-refractivity contribution in [2.75, 3.05) is 0 Å². The molecule has 0 amide bonds.